The maximum atomic E-state index is 11.5. The van der Waals surface area contributed by atoms with Crippen LogP contribution in [0.1, 0.15) is 5.76 Å². The summed E-state index contributed by atoms with van der Waals surface area (Å²) in [4.78, 5) is 11.5. The van der Waals surface area contributed by atoms with E-state index in [0.717, 1.165) is 4.47 Å². The van der Waals surface area contributed by atoms with Crippen molar-refractivity contribution in [3.8, 4) is 5.75 Å². The Balaban J connectivity index is 1.83. The van der Waals surface area contributed by atoms with Crippen LogP contribution in [0.15, 0.2) is 39.3 Å². The normalized spacial score (nSPS) is 10.1. The number of carbonyl (C=O) groups excluding carboxylic acids is 1. The minimum absolute atomic E-state index is 0.0759. The van der Waals surface area contributed by atoms with Gasteiger partial charge in [0.25, 0.3) is 5.91 Å². The first-order valence-electron chi connectivity index (χ1n) is 5.25. The minimum Gasteiger partial charge on any atom is -0.484 e. The third kappa shape index (κ3) is 3.59. The van der Waals surface area contributed by atoms with Gasteiger partial charge in [-0.2, -0.15) is 0 Å². The van der Waals surface area contributed by atoms with Gasteiger partial charge in [-0.1, -0.05) is 21.1 Å². The molecule has 1 N–H and O–H groups in total. The van der Waals surface area contributed by atoms with Crippen molar-refractivity contribution in [3.63, 3.8) is 0 Å². The average molecular weight is 311 g/mol. The molecular weight excluding hydrogens is 300 g/mol. The van der Waals surface area contributed by atoms with Crippen molar-refractivity contribution < 1.29 is 14.1 Å². The molecule has 0 radical (unpaired) electrons. The summed E-state index contributed by atoms with van der Waals surface area (Å²) in [6, 6.07) is 8.87. The lowest BCUT2D eigenvalue weighted by atomic mass is 10.3. The highest BCUT2D eigenvalue weighted by Crippen LogP contribution is 2.16. The summed E-state index contributed by atoms with van der Waals surface area (Å²) in [5.74, 6) is 1.37. The molecule has 6 heteroatoms. The second-order valence-electron chi connectivity index (χ2n) is 3.61. The first-order chi connectivity index (χ1) is 8.63. The number of hydrogen-bond acceptors (Lipinski definition) is 4. The number of halogens is 1. The number of carbonyl (C=O) groups is 1. The van der Waals surface area contributed by atoms with E-state index in [4.69, 9.17) is 9.26 Å². The van der Waals surface area contributed by atoms with Gasteiger partial charge in [-0.05, 0) is 31.2 Å². The Labute approximate surface area is 112 Å². The number of nitrogens with zero attached hydrogens (tertiary/aromatic N) is 1. The van der Waals surface area contributed by atoms with Gasteiger partial charge in [0.05, 0.1) is 0 Å². The van der Waals surface area contributed by atoms with Crippen molar-refractivity contribution in [2.45, 2.75) is 6.92 Å². The van der Waals surface area contributed by atoms with E-state index in [1.54, 1.807) is 25.1 Å². The molecular formula is C12H11BrN2O3. The van der Waals surface area contributed by atoms with Crippen molar-refractivity contribution in [3.05, 3.63) is 40.6 Å². The predicted octanol–water partition coefficient (Wildman–Crippen LogP) is 2.76. The van der Waals surface area contributed by atoms with Gasteiger partial charge in [-0.3, -0.25) is 4.79 Å². The van der Waals surface area contributed by atoms with E-state index in [1.807, 2.05) is 12.1 Å². The lowest BCUT2D eigenvalue weighted by Gasteiger charge is -2.05. The quantitative estimate of drug-likeness (QED) is 0.943. The fraction of sp³-hybridized carbons (Fsp3) is 0.167. The van der Waals surface area contributed by atoms with E-state index in [9.17, 15) is 4.79 Å². The summed E-state index contributed by atoms with van der Waals surface area (Å²) < 4.78 is 11.1. The molecule has 0 saturated carbocycles. The van der Waals surface area contributed by atoms with Gasteiger partial charge in [0, 0.05) is 10.5 Å². The van der Waals surface area contributed by atoms with Crippen LogP contribution in [0.25, 0.3) is 0 Å². The number of hydrogen-bond donors (Lipinski definition) is 1. The summed E-state index contributed by atoms with van der Waals surface area (Å²) in [6.07, 6.45) is 0. The molecule has 0 unspecified atom stereocenters. The van der Waals surface area contributed by atoms with Gasteiger partial charge in [-0.15, -0.1) is 0 Å². The van der Waals surface area contributed by atoms with Crippen LogP contribution in [0.2, 0.25) is 0 Å². The minimum atomic E-state index is -0.286. The van der Waals surface area contributed by atoms with Crippen LogP contribution in [-0.4, -0.2) is 17.7 Å². The summed E-state index contributed by atoms with van der Waals surface area (Å²) in [6.45, 7) is 1.68. The number of nitrogens with one attached hydrogen (secondary N) is 1. The van der Waals surface area contributed by atoms with Crippen LogP contribution in [0.3, 0.4) is 0 Å². The van der Waals surface area contributed by atoms with Gasteiger partial charge in [-0.25, -0.2) is 0 Å². The van der Waals surface area contributed by atoms with E-state index < -0.39 is 0 Å². The third-order valence-electron chi connectivity index (χ3n) is 2.08. The summed E-state index contributed by atoms with van der Waals surface area (Å²) in [7, 11) is 0. The Hall–Kier alpha value is -1.82. The number of benzene rings is 1. The van der Waals surface area contributed by atoms with E-state index in [1.165, 1.54) is 0 Å². The van der Waals surface area contributed by atoms with Crippen LogP contribution in [0.4, 0.5) is 5.82 Å². The average Bonchev–Trinajstić information content (AvgIpc) is 2.74. The third-order valence-corrected chi connectivity index (χ3v) is 2.61. The second kappa shape index (κ2) is 5.68. The van der Waals surface area contributed by atoms with Gasteiger partial charge >= 0.3 is 0 Å². The summed E-state index contributed by atoms with van der Waals surface area (Å²) >= 11 is 3.32. The molecule has 2 rings (SSSR count). The summed E-state index contributed by atoms with van der Waals surface area (Å²) in [5, 5.41) is 6.22. The molecule has 0 aliphatic heterocycles. The molecule has 0 aliphatic rings. The van der Waals surface area contributed by atoms with E-state index in [0.29, 0.717) is 17.3 Å². The number of anilines is 1. The zero-order valence-electron chi connectivity index (χ0n) is 9.64. The molecule has 0 aliphatic carbocycles. The molecule has 0 atom stereocenters. The zero-order valence-corrected chi connectivity index (χ0v) is 11.2. The van der Waals surface area contributed by atoms with Gasteiger partial charge < -0.3 is 14.6 Å². The zero-order chi connectivity index (χ0) is 13.0. The molecule has 1 amide bonds. The Morgan fingerprint density at radius 2 is 2.17 bits per heavy atom. The summed E-state index contributed by atoms with van der Waals surface area (Å²) in [5.41, 5.74) is 0. The largest absolute Gasteiger partial charge is 0.484 e. The van der Waals surface area contributed by atoms with E-state index in [2.05, 4.69) is 26.4 Å². The first-order valence-corrected chi connectivity index (χ1v) is 6.04. The second-order valence-corrected chi connectivity index (χ2v) is 4.53. The number of aryl methyl sites for hydroxylation is 1. The van der Waals surface area contributed by atoms with Crippen molar-refractivity contribution in [1.29, 1.82) is 0 Å². The van der Waals surface area contributed by atoms with Gasteiger partial charge in [0.15, 0.2) is 12.4 Å². The molecule has 5 nitrogen and oxygen atoms in total. The highest BCUT2D eigenvalue weighted by molar-refractivity contribution is 9.10. The SMILES string of the molecule is Cc1cc(NC(=O)COc2ccc(Br)cc2)no1. The fourth-order valence-corrected chi connectivity index (χ4v) is 1.55. The number of aromatic nitrogens is 1. The lowest BCUT2D eigenvalue weighted by molar-refractivity contribution is -0.118. The highest BCUT2D eigenvalue weighted by Gasteiger charge is 2.06. The number of amides is 1. The standard InChI is InChI=1S/C12H11BrN2O3/c1-8-6-11(15-18-8)14-12(16)7-17-10-4-2-9(13)3-5-10/h2-6H,7H2,1H3,(H,14,15,16). The molecule has 1 heterocycles. The topological polar surface area (TPSA) is 64.4 Å². The van der Waals surface area contributed by atoms with Crippen molar-refractivity contribution in [2.24, 2.45) is 0 Å². The lowest BCUT2D eigenvalue weighted by Crippen LogP contribution is -2.20. The fourth-order valence-electron chi connectivity index (χ4n) is 1.28. The Kier molecular flexibility index (Phi) is 3.99. The molecule has 0 saturated heterocycles. The molecule has 0 bridgehead atoms. The van der Waals surface area contributed by atoms with Crippen molar-refractivity contribution in [1.82, 2.24) is 5.16 Å². The maximum absolute atomic E-state index is 11.5. The smallest absolute Gasteiger partial charge is 0.263 e. The Bertz CT molecular complexity index is 537. The predicted molar refractivity (Wildman–Crippen MR) is 69.5 cm³/mol. The van der Waals surface area contributed by atoms with Crippen molar-refractivity contribution >= 4 is 27.7 Å². The number of ether oxygens (including phenoxy) is 1. The molecule has 0 fully saturated rings. The molecule has 94 valence electrons. The molecule has 1 aromatic carbocycles. The van der Waals surface area contributed by atoms with Crippen LogP contribution in [0, 0.1) is 6.92 Å². The molecule has 2 aromatic rings. The van der Waals surface area contributed by atoms with Crippen LogP contribution < -0.4 is 10.1 Å². The van der Waals surface area contributed by atoms with Crippen LogP contribution in [-0.2, 0) is 4.79 Å². The first kappa shape index (κ1) is 12.6. The maximum Gasteiger partial charge on any atom is 0.263 e. The Morgan fingerprint density at radius 3 is 2.78 bits per heavy atom. The Morgan fingerprint density at radius 1 is 1.44 bits per heavy atom. The van der Waals surface area contributed by atoms with Crippen LogP contribution in [0.5, 0.6) is 5.75 Å². The molecule has 18 heavy (non-hydrogen) atoms. The highest BCUT2D eigenvalue weighted by atomic mass is 79.9. The van der Waals surface area contributed by atoms with E-state index in [-0.39, 0.29) is 12.5 Å². The van der Waals surface area contributed by atoms with Crippen molar-refractivity contribution in [2.75, 3.05) is 11.9 Å². The molecule has 1 aromatic heterocycles. The van der Waals surface area contributed by atoms with Gasteiger partial charge in [0.2, 0.25) is 0 Å². The van der Waals surface area contributed by atoms with Crippen LogP contribution >= 0.6 is 15.9 Å². The number of rotatable bonds is 4. The van der Waals surface area contributed by atoms with E-state index >= 15 is 0 Å². The van der Waals surface area contributed by atoms with Gasteiger partial charge in [0.1, 0.15) is 11.5 Å². The monoisotopic (exact) mass is 310 g/mol. The molecule has 0 spiro atoms.